The summed E-state index contributed by atoms with van der Waals surface area (Å²) in [6.07, 6.45) is 0.0713. The second-order valence-corrected chi connectivity index (χ2v) is 5.51. The smallest absolute Gasteiger partial charge is 0.341 e. The van der Waals surface area contributed by atoms with Crippen LogP contribution in [0.5, 0.6) is 5.75 Å². The molecule has 9 heteroatoms. The maximum Gasteiger partial charge on any atom is 0.341 e. The van der Waals surface area contributed by atoms with Gasteiger partial charge >= 0.3 is 5.97 Å². The van der Waals surface area contributed by atoms with Gasteiger partial charge < -0.3 is 20.5 Å². The number of fused-ring (bicyclic) bond motifs is 1. The molecule has 1 atom stereocenters. The Morgan fingerprint density at radius 2 is 2.16 bits per heavy atom. The molecule has 0 bridgehead atoms. The molecule has 1 aliphatic heterocycles. The molecule has 25 heavy (non-hydrogen) atoms. The number of nitrogens with zero attached hydrogens (tertiary/aromatic N) is 1. The number of hydrogen-bond acceptors (Lipinski definition) is 6. The number of nitrogens with one attached hydrogen (secondary N) is 3. The van der Waals surface area contributed by atoms with Crippen LogP contribution in [0.2, 0.25) is 0 Å². The highest BCUT2D eigenvalue weighted by atomic mass is 16.5. The molecule has 0 saturated carbocycles. The Morgan fingerprint density at radius 3 is 2.84 bits per heavy atom. The highest BCUT2D eigenvalue weighted by Gasteiger charge is 2.34. The number of anilines is 1. The Hall–Kier alpha value is -3.36. The molecule has 0 saturated heterocycles. The lowest BCUT2D eigenvalue weighted by Gasteiger charge is -2.23. The minimum Gasteiger partial charge on any atom is -0.507 e. The predicted molar refractivity (Wildman–Crippen MR) is 86.5 cm³/mol. The van der Waals surface area contributed by atoms with Gasteiger partial charge in [0.1, 0.15) is 17.0 Å². The van der Waals surface area contributed by atoms with Crippen molar-refractivity contribution in [3.8, 4) is 5.75 Å². The van der Waals surface area contributed by atoms with Crippen molar-refractivity contribution in [1.29, 1.82) is 0 Å². The summed E-state index contributed by atoms with van der Waals surface area (Å²) in [7, 11) is 2.70. The van der Waals surface area contributed by atoms with Crippen LogP contribution in [0.15, 0.2) is 18.2 Å². The molecule has 130 valence electrons. The van der Waals surface area contributed by atoms with E-state index in [1.807, 2.05) is 0 Å². The third-order valence-corrected chi connectivity index (χ3v) is 4.08. The molecule has 0 unspecified atom stereocenters. The maximum atomic E-state index is 12.1. The van der Waals surface area contributed by atoms with E-state index in [2.05, 4.69) is 25.6 Å². The summed E-state index contributed by atoms with van der Waals surface area (Å²) in [6, 6.07) is 4.40. The van der Waals surface area contributed by atoms with E-state index in [1.165, 1.54) is 26.3 Å². The summed E-state index contributed by atoms with van der Waals surface area (Å²) in [5, 5.41) is 21.6. The molecule has 1 aliphatic rings. The number of hydrogen-bond donors (Lipinski definition) is 4. The van der Waals surface area contributed by atoms with Crippen molar-refractivity contribution in [1.82, 2.24) is 15.5 Å². The number of phenols is 1. The molecule has 0 aliphatic carbocycles. The van der Waals surface area contributed by atoms with E-state index in [0.29, 0.717) is 11.1 Å². The number of phenolic OH excluding ortho intramolecular Hbond substituents is 1. The average molecular weight is 344 g/mol. The van der Waals surface area contributed by atoms with E-state index in [1.54, 1.807) is 6.07 Å². The van der Waals surface area contributed by atoms with E-state index in [9.17, 15) is 19.5 Å². The van der Waals surface area contributed by atoms with Crippen molar-refractivity contribution >= 4 is 23.6 Å². The second-order valence-electron chi connectivity index (χ2n) is 5.51. The third-order valence-electron chi connectivity index (χ3n) is 4.08. The standard InChI is InChI=1S/C16H16N4O5/c1-17-15(23)13-12-8(6-11(22)18-14(12)20-19-13)7-3-4-10(21)9(5-7)16(24)25-2/h3-5,8,21H,6H2,1-2H3,(H,17,23)(H2,18,19,20,22)/t8-/m1/s1. The number of methoxy groups -OCH3 is 1. The van der Waals surface area contributed by atoms with Gasteiger partial charge in [-0.3, -0.25) is 14.7 Å². The number of carbonyl (C=O) groups is 3. The summed E-state index contributed by atoms with van der Waals surface area (Å²) >= 11 is 0. The topological polar surface area (TPSA) is 133 Å². The Morgan fingerprint density at radius 1 is 1.40 bits per heavy atom. The quantitative estimate of drug-likeness (QED) is 0.607. The zero-order valence-corrected chi connectivity index (χ0v) is 13.5. The van der Waals surface area contributed by atoms with Gasteiger partial charge in [0.2, 0.25) is 5.91 Å². The lowest BCUT2D eigenvalue weighted by Crippen LogP contribution is -2.26. The minimum absolute atomic E-state index is 0.0162. The molecule has 4 N–H and O–H groups in total. The van der Waals surface area contributed by atoms with Gasteiger partial charge in [0.05, 0.1) is 7.11 Å². The van der Waals surface area contributed by atoms with E-state index >= 15 is 0 Å². The Bertz CT molecular complexity index is 873. The molecule has 9 nitrogen and oxygen atoms in total. The number of esters is 1. The van der Waals surface area contributed by atoms with Gasteiger partial charge in [0.25, 0.3) is 5.91 Å². The normalized spacial score (nSPS) is 15.9. The van der Waals surface area contributed by atoms with Crippen LogP contribution in [0.25, 0.3) is 0 Å². The SMILES string of the molecule is CNC(=O)c1[nH]nc2c1[C@@H](c1ccc(O)c(C(=O)OC)c1)CC(=O)N2. The molecule has 1 aromatic heterocycles. The number of rotatable bonds is 3. The monoisotopic (exact) mass is 344 g/mol. The molecule has 1 aromatic carbocycles. The molecular weight excluding hydrogens is 328 g/mol. The highest BCUT2D eigenvalue weighted by molar-refractivity contribution is 6.00. The maximum absolute atomic E-state index is 12.1. The molecule has 3 rings (SSSR count). The number of benzene rings is 1. The number of aromatic amines is 1. The fourth-order valence-corrected chi connectivity index (χ4v) is 2.88. The summed E-state index contributed by atoms with van der Waals surface area (Å²) in [6.45, 7) is 0. The molecule has 0 fully saturated rings. The second kappa shape index (κ2) is 6.27. The van der Waals surface area contributed by atoms with Gasteiger partial charge in [0.15, 0.2) is 5.82 Å². The van der Waals surface area contributed by atoms with Gasteiger partial charge in [-0.25, -0.2) is 4.79 Å². The van der Waals surface area contributed by atoms with Crippen LogP contribution in [0, 0.1) is 0 Å². The first-order valence-electron chi connectivity index (χ1n) is 7.47. The lowest BCUT2D eigenvalue weighted by atomic mass is 9.84. The lowest BCUT2D eigenvalue weighted by molar-refractivity contribution is -0.116. The zero-order valence-electron chi connectivity index (χ0n) is 13.5. The fraction of sp³-hybridized carbons (Fsp3) is 0.250. The largest absolute Gasteiger partial charge is 0.507 e. The first-order valence-corrected chi connectivity index (χ1v) is 7.47. The van der Waals surface area contributed by atoms with E-state index in [4.69, 9.17) is 0 Å². The first-order chi connectivity index (χ1) is 12.0. The van der Waals surface area contributed by atoms with Crippen molar-refractivity contribution < 1.29 is 24.2 Å². The summed E-state index contributed by atoms with van der Waals surface area (Å²) in [5.74, 6) is -1.79. The zero-order chi connectivity index (χ0) is 18.1. The van der Waals surface area contributed by atoms with Gasteiger partial charge in [-0.05, 0) is 17.7 Å². The highest BCUT2D eigenvalue weighted by Crippen LogP contribution is 2.39. The Labute approximate surface area is 142 Å². The number of carbonyl (C=O) groups excluding carboxylic acids is 3. The predicted octanol–water partition coefficient (Wildman–Crippen LogP) is 0.736. The number of aromatic nitrogens is 2. The summed E-state index contributed by atoms with van der Waals surface area (Å²) in [5.41, 5.74) is 1.33. The van der Waals surface area contributed by atoms with Crippen molar-refractivity contribution in [2.75, 3.05) is 19.5 Å². The average Bonchev–Trinajstić information content (AvgIpc) is 3.03. The van der Waals surface area contributed by atoms with Crippen LogP contribution in [0.1, 0.15) is 44.3 Å². The van der Waals surface area contributed by atoms with E-state index in [0.717, 1.165) is 0 Å². The number of amides is 2. The van der Waals surface area contributed by atoms with Crippen molar-refractivity contribution in [3.63, 3.8) is 0 Å². The van der Waals surface area contributed by atoms with E-state index in [-0.39, 0.29) is 41.1 Å². The van der Waals surface area contributed by atoms with E-state index < -0.39 is 11.9 Å². The molecular formula is C16H16N4O5. The van der Waals surface area contributed by atoms with Crippen molar-refractivity contribution in [2.45, 2.75) is 12.3 Å². The third kappa shape index (κ3) is 2.80. The van der Waals surface area contributed by atoms with Gasteiger partial charge in [0, 0.05) is 24.9 Å². The van der Waals surface area contributed by atoms with Crippen LogP contribution in [-0.4, -0.2) is 47.2 Å². The molecule has 2 aromatic rings. The van der Waals surface area contributed by atoms with Gasteiger partial charge in [-0.15, -0.1) is 0 Å². The first kappa shape index (κ1) is 16.5. The minimum atomic E-state index is -0.696. The molecule has 0 spiro atoms. The van der Waals surface area contributed by atoms with Crippen LogP contribution < -0.4 is 10.6 Å². The van der Waals surface area contributed by atoms with Crippen LogP contribution >= 0.6 is 0 Å². The van der Waals surface area contributed by atoms with Crippen LogP contribution in [0.3, 0.4) is 0 Å². The fourth-order valence-electron chi connectivity index (χ4n) is 2.88. The number of H-pyrrole nitrogens is 1. The Kier molecular flexibility index (Phi) is 4.14. The van der Waals surface area contributed by atoms with Gasteiger partial charge in [-0.2, -0.15) is 5.10 Å². The summed E-state index contributed by atoms with van der Waals surface area (Å²) in [4.78, 5) is 35.9. The number of aromatic hydroxyl groups is 1. The van der Waals surface area contributed by atoms with Crippen LogP contribution in [0.4, 0.5) is 5.82 Å². The Balaban J connectivity index is 2.13. The van der Waals surface area contributed by atoms with Crippen molar-refractivity contribution in [2.24, 2.45) is 0 Å². The molecule has 2 heterocycles. The molecule has 2 amide bonds. The van der Waals surface area contributed by atoms with Crippen LogP contribution in [-0.2, 0) is 9.53 Å². The van der Waals surface area contributed by atoms with Crippen molar-refractivity contribution in [3.05, 3.63) is 40.6 Å². The van der Waals surface area contributed by atoms with Gasteiger partial charge in [-0.1, -0.05) is 6.07 Å². The molecule has 0 radical (unpaired) electrons. The number of ether oxygens (including phenoxy) is 1. The summed E-state index contributed by atoms with van der Waals surface area (Å²) < 4.78 is 4.65.